The molecule has 1 rings (SSSR count). The summed E-state index contributed by atoms with van der Waals surface area (Å²) in [5.74, 6) is 0. The average molecular weight is 226 g/mol. The van der Waals surface area contributed by atoms with Crippen LogP contribution in [0.2, 0.25) is 0 Å². The van der Waals surface area contributed by atoms with Gasteiger partial charge in [0.2, 0.25) is 0 Å². The van der Waals surface area contributed by atoms with Crippen molar-refractivity contribution in [1.29, 1.82) is 0 Å². The summed E-state index contributed by atoms with van der Waals surface area (Å²) in [5.41, 5.74) is -4.22. The summed E-state index contributed by atoms with van der Waals surface area (Å²) in [6, 6.07) is 0. The topological polar surface area (TPSA) is 42.9 Å². The Morgan fingerprint density at radius 3 is 2.27 bits per heavy atom. The summed E-state index contributed by atoms with van der Waals surface area (Å²) in [6.07, 6.45) is -8.24. The second kappa shape index (κ2) is 3.87. The fourth-order valence-electron chi connectivity index (χ4n) is 0.944. The van der Waals surface area contributed by atoms with Gasteiger partial charge in [0.05, 0.1) is 5.56 Å². The number of nitrogens with zero attached hydrogens (tertiary/aromatic N) is 2. The standard InChI is InChI=1S/C7H3F5N2O/c8-6(9)4-3(1-15)13-2-14-5(4)7(10,11)12/h1-2,6H. The van der Waals surface area contributed by atoms with E-state index in [0.29, 0.717) is 6.33 Å². The Morgan fingerprint density at radius 2 is 1.87 bits per heavy atom. The predicted octanol–water partition coefficient (Wildman–Crippen LogP) is 2.25. The van der Waals surface area contributed by atoms with E-state index in [0.717, 1.165) is 0 Å². The molecule has 0 atom stereocenters. The van der Waals surface area contributed by atoms with E-state index >= 15 is 0 Å². The molecular formula is C7H3F5N2O. The van der Waals surface area contributed by atoms with Crippen molar-refractivity contribution in [2.45, 2.75) is 12.6 Å². The Balaban J connectivity index is 3.45. The van der Waals surface area contributed by atoms with E-state index < -0.39 is 29.6 Å². The second-order valence-corrected chi connectivity index (χ2v) is 2.44. The van der Waals surface area contributed by atoms with Crippen molar-refractivity contribution in [2.75, 3.05) is 0 Å². The first-order chi connectivity index (χ1) is 6.88. The molecule has 3 nitrogen and oxygen atoms in total. The third kappa shape index (κ3) is 2.25. The highest BCUT2D eigenvalue weighted by molar-refractivity contribution is 5.74. The van der Waals surface area contributed by atoms with E-state index in [4.69, 9.17) is 0 Å². The normalized spacial score (nSPS) is 11.9. The number of hydrogen-bond donors (Lipinski definition) is 0. The molecule has 0 aliphatic rings. The number of hydrogen-bond acceptors (Lipinski definition) is 3. The van der Waals surface area contributed by atoms with E-state index in [-0.39, 0.29) is 6.29 Å². The minimum atomic E-state index is -5.04. The number of aldehydes is 1. The fraction of sp³-hybridized carbons (Fsp3) is 0.286. The van der Waals surface area contributed by atoms with Crippen molar-refractivity contribution in [3.63, 3.8) is 0 Å². The molecule has 0 unspecified atom stereocenters. The lowest BCUT2D eigenvalue weighted by atomic mass is 10.1. The van der Waals surface area contributed by atoms with Gasteiger partial charge in [-0.25, -0.2) is 18.7 Å². The Hall–Kier alpha value is -1.60. The SMILES string of the molecule is O=Cc1ncnc(C(F)(F)F)c1C(F)F. The van der Waals surface area contributed by atoms with E-state index in [1.807, 2.05) is 0 Å². The first kappa shape index (κ1) is 11.5. The van der Waals surface area contributed by atoms with Crippen LogP contribution in [0.3, 0.4) is 0 Å². The number of alkyl halides is 5. The van der Waals surface area contributed by atoms with Crippen molar-refractivity contribution in [3.8, 4) is 0 Å². The molecule has 1 aromatic heterocycles. The molecule has 1 aromatic rings. The van der Waals surface area contributed by atoms with Crippen LogP contribution in [0.5, 0.6) is 0 Å². The van der Waals surface area contributed by atoms with Gasteiger partial charge < -0.3 is 0 Å². The van der Waals surface area contributed by atoms with E-state index in [2.05, 4.69) is 9.97 Å². The van der Waals surface area contributed by atoms with Crippen molar-refractivity contribution in [1.82, 2.24) is 9.97 Å². The zero-order chi connectivity index (χ0) is 11.6. The van der Waals surface area contributed by atoms with Gasteiger partial charge in [0, 0.05) is 0 Å². The van der Waals surface area contributed by atoms with E-state index in [1.165, 1.54) is 0 Å². The monoisotopic (exact) mass is 226 g/mol. The predicted molar refractivity (Wildman–Crippen MR) is 37.4 cm³/mol. The molecular weight excluding hydrogens is 223 g/mol. The number of carbonyl (C=O) groups excluding carboxylic acids is 1. The van der Waals surface area contributed by atoms with E-state index in [1.54, 1.807) is 0 Å². The lowest BCUT2D eigenvalue weighted by Gasteiger charge is -2.11. The molecule has 0 saturated carbocycles. The maximum atomic E-state index is 12.3. The van der Waals surface area contributed by atoms with Gasteiger partial charge in [0.15, 0.2) is 12.0 Å². The van der Waals surface area contributed by atoms with Gasteiger partial charge in [-0.3, -0.25) is 4.79 Å². The van der Waals surface area contributed by atoms with E-state index in [9.17, 15) is 26.7 Å². The zero-order valence-corrected chi connectivity index (χ0v) is 6.92. The fourth-order valence-corrected chi connectivity index (χ4v) is 0.944. The number of carbonyl (C=O) groups is 1. The number of aromatic nitrogens is 2. The van der Waals surface area contributed by atoms with Crippen LogP contribution >= 0.6 is 0 Å². The van der Waals surface area contributed by atoms with Crippen LogP contribution in [0.4, 0.5) is 22.0 Å². The van der Waals surface area contributed by atoms with Crippen LogP contribution in [0.15, 0.2) is 6.33 Å². The number of rotatable bonds is 2. The lowest BCUT2D eigenvalue weighted by molar-refractivity contribution is -0.143. The smallest absolute Gasteiger partial charge is 0.296 e. The summed E-state index contributed by atoms with van der Waals surface area (Å²) in [7, 11) is 0. The molecule has 0 amide bonds. The molecule has 0 aromatic carbocycles. The van der Waals surface area contributed by atoms with Gasteiger partial charge in [0.1, 0.15) is 12.0 Å². The minimum Gasteiger partial charge on any atom is -0.296 e. The summed E-state index contributed by atoms with van der Waals surface area (Å²) < 4.78 is 61.1. The average Bonchev–Trinajstić information content (AvgIpc) is 2.15. The largest absolute Gasteiger partial charge is 0.433 e. The highest BCUT2D eigenvalue weighted by atomic mass is 19.4. The van der Waals surface area contributed by atoms with Gasteiger partial charge in [0.25, 0.3) is 6.43 Å². The first-order valence-corrected chi connectivity index (χ1v) is 3.53. The van der Waals surface area contributed by atoms with Gasteiger partial charge in [-0.1, -0.05) is 0 Å². The quantitative estimate of drug-likeness (QED) is 0.573. The number of halogens is 5. The van der Waals surface area contributed by atoms with Crippen molar-refractivity contribution >= 4 is 6.29 Å². The Labute approximate surface area is 80.0 Å². The van der Waals surface area contributed by atoms with Gasteiger partial charge >= 0.3 is 6.18 Å². The maximum Gasteiger partial charge on any atom is 0.433 e. The Kier molecular flexibility index (Phi) is 2.96. The van der Waals surface area contributed by atoms with Crippen molar-refractivity contribution < 1.29 is 26.7 Å². The summed E-state index contributed by atoms with van der Waals surface area (Å²) >= 11 is 0. The molecule has 0 radical (unpaired) electrons. The third-order valence-corrected chi connectivity index (χ3v) is 1.51. The van der Waals surface area contributed by atoms with Gasteiger partial charge in [-0.2, -0.15) is 13.2 Å². The highest BCUT2D eigenvalue weighted by Gasteiger charge is 2.39. The Bertz CT molecular complexity index is 376. The van der Waals surface area contributed by atoms with Crippen molar-refractivity contribution in [3.05, 3.63) is 23.3 Å². The molecule has 0 aliphatic heterocycles. The molecule has 0 saturated heterocycles. The van der Waals surface area contributed by atoms with Crippen LogP contribution in [0.25, 0.3) is 0 Å². The third-order valence-electron chi connectivity index (χ3n) is 1.51. The minimum absolute atomic E-state index is 0.168. The molecule has 0 bridgehead atoms. The molecule has 15 heavy (non-hydrogen) atoms. The van der Waals surface area contributed by atoms with Gasteiger partial charge in [-0.05, 0) is 0 Å². The lowest BCUT2D eigenvalue weighted by Crippen LogP contribution is -2.15. The van der Waals surface area contributed by atoms with Crippen LogP contribution in [0.1, 0.15) is 28.2 Å². The summed E-state index contributed by atoms with van der Waals surface area (Å²) in [6.45, 7) is 0. The first-order valence-electron chi connectivity index (χ1n) is 3.53. The zero-order valence-electron chi connectivity index (χ0n) is 6.92. The summed E-state index contributed by atoms with van der Waals surface area (Å²) in [5, 5.41) is 0. The molecule has 0 fully saturated rings. The summed E-state index contributed by atoms with van der Waals surface area (Å²) in [4.78, 5) is 16.0. The van der Waals surface area contributed by atoms with Crippen LogP contribution in [-0.2, 0) is 6.18 Å². The maximum absolute atomic E-state index is 12.3. The molecule has 82 valence electrons. The molecule has 0 spiro atoms. The van der Waals surface area contributed by atoms with Crippen LogP contribution in [-0.4, -0.2) is 16.3 Å². The van der Waals surface area contributed by atoms with Gasteiger partial charge in [-0.15, -0.1) is 0 Å². The highest BCUT2D eigenvalue weighted by Crippen LogP contribution is 2.35. The molecule has 1 heterocycles. The molecule has 0 N–H and O–H groups in total. The van der Waals surface area contributed by atoms with Crippen LogP contribution < -0.4 is 0 Å². The van der Waals surface area contributed by atoms with Crippen molar-refractivity contribution in [2.24, 2.45) is 0 Å². The Morgan fingerprint density at radius 1 is 1.27 bits per heavy atom. The molecule has 8 heteroatoms. The van der Waals surface area contributed by atoms with Crippen LogP contribution in [0, 0.1) is 0 Å². The second-order valence-electron chi connectivity index (χ2n) is 2.44. The molecule has 0 aliphatic carbocycles.